The van der Waals surface area contributed by atoms with Crippen LogP contribution >= 0.6 is 11.6 Å². The van der Waals surface area contributed by atoms with Crippen molar-refractivity contribution in [3.05, 3.63) is 47.1 Å². The first-order valence-corrected chi connectivity index (χ1v) is 9.83. The Balaban J connectivity index is 1.77. The van der Waals surface area contributed by atoms with Crippen molar-refractivity contribution in [1.29, 1.82) is 0 Å². The van der Waals surface area contributed by atoms with Crippen molar-refractivity contribution >= 4 is 40.0 Å². The van der Waals surface area contributed by atoms with Crippen LogP contribution in [0, 0.1) is 0 Å². The minimum Gasteiger partial charge on any atom is -0.497 e. The molecule has 0 aliphatic rings. The smallest absolute Gasteiger partial charge is 0.268 e. The second kappa shape index (κ2) is 9.18. The number of hydrogen-bond acceptors (Lipinski definition) is 5. The molecule has 3 rings (SSSR count). The lowest BCUT2D eigenvalue weighted by Gasteiger charge is -2.15. The number of carbonyl (C=O) groups excluding carboxylic acids is 2. The summed E-state index contributed by atoms with van der Waals surface area (Å²) in [6.07, 6.45) is 0. The van der Waals surface area contributed by atoms with E-state index in [1.54, 1.807) is 63.1 Å². The maximum atomic E-state index is 12.9. The Morgan fingerprint density at radius 3 is 2.32 bits per heavy atom. The summed E-state index contributed by atoms with van der Waals surface area (Å²) in [6, 6.07) is 9.40. The highest BCUT2D eigenvalue weighted by molar-refractivity contribution is 6.32. The molecule has 9 heteroatoms. The molecule has 0 saturated carbocycles. The van der Waals surface area contributed by atoms with Crippen LogP contribution in [-0.4, -0.2) is 43.8 Å². The van der Waals surface area contributed by atoms with E-state index in [2.05, 4.69) is 10.6 Å². The Hall–Kier alpha value is -3.39. The van der Waals surface area contributed by atoms with E-state index < -0.39 is 11.9 Å². The number of carbonyl (C=O) groups is 2. The fourth-order valence-electron chi connectivity index (χ4n) is 3.21. The van der Waals surface area contributed by atoms with Crippen molar-refractivity contribution in [3.8, 4) is 17.2 Å². The number of halogens is 1. The van der Waals surface area contributed by atoms with Crippen molar-refractivity contribution in [2.45, 2.75) is 13.0 Å². The van der Waals surface area contributed by atoms with Crippen LogP contribution in [0.1, 0.15) is 17.4 Å². The monoisotopic (exact) mass is 445 g/mol. The molecular formula is C22H24ClN3O5. The van der Waals surface area contributed by atoms with Crippen LogP contribution < -0.4 is 24.8 Å². The van der Waals surface area contributed by atoms with Crippen molar-refractivity contribution in [2.24, 2.45) is 7.05 Å². The summed E-state index contributed by atoms with van der Waals surface area (Å²) in [5.41, 5.74) is 1.65. The molecule has 1 aromatic heterocycles. The van der Waals surface area contributed by atoms with Gasteiger partial charge in [-0.15, -0.1) is 0 Å². The maximum Gasteiger partial charge on any atom is 0.268 e. The molecular weight excluding hydrogens is 422 g/mol. The zero-order valence-corrected chi connectivity index (χ0v) is 18.7. The molecule has 0 spiro atoms. The van der Waals surface area contributed by atoms with Crippen LogP contribution in [0.5, 0.6) is 17.2 Å². The van der Waals surface area contributed by atoms with Gasteiger partial charge in [-0.2, -0.15) is 0 Å². The maximum absolute atomic E-state index is 12.9. The molecule has 0 unspecified atom stereocenters. The zero-order chi connectivity index (χ0) is 22.7. The van der Waals surface area contributed by atoms with Gasteiger partial charge in [0.15, 0.2) is 0 Å². The van der Waals surface area contributed by atoms with Gasteiger partial charge in [0, 0.05) is 30.3 Å². The van der Waals surface area contributed by atoms with Crippen molar-refractivity contribution in [2.75, 3.05) is 26.6 Å². The third kappa shape index (κ3) is 4.54. The normalized spacial score (nSPS) is 11.7. The summed E-state index contributed by atoms with van der Waals surface area (Å²) >= 11 is 6.09. The fourth-order valence-corrected chi connectivity index (χ4v) is 3.47. The molecule has 2 amide bonds. The summed E-state index contributed by atoms with van der Waals surface area (Å²) in [5.74, 6) is 0.932. The van der Waals surface area contributed by atoms with Crippen LogP contribution in [0.4, 0.5) is 5.69 Å². The Labute approximate surface area is 185 Å². The van der Waals surface area contributed by atoms with E-state index in [0.717, 1.165) is 10.9 Å². The Kier molecular flexibility index (Phi) is 6.60. The quantitative estimate of drug-likeness (QED) is 0.579. The van der Waals surface area contributed by atoms with Crippen molar-refractivity contribution < 1.29 is 23.8 Å². The second-order valence-corrected chi connectivity index (χ2v) is 7.29. The van der Waals surface area contributed by atoms with Gasteiger partial charge in [0.1, 0.15) is 29.0 Å². The predicted molar refractivity (Wildman–Crippen MR) is 120 cm³/mol. The lowest BCUT2D eigenvalue weighted by atomic mass is 10.2. The van der Waals surface area contributed by atoms with Gasteiger partial charge in [-0.25, -0.2) is 0 Å². The topological polar surface area (TPSA) is 90.8 Å². The minimum atomic E-state index is -0.789. The molecule has 8 nitrogen and oxygen atoms in total. The number of fused-ring (bicyclic) bond motifs is 1. The number of aryl methyl sites for hydroxylation is 1. The number of methoxy groups -OCH3 is 3. The van der Waals surface area contributed by atoms with Crippen LogP contribution in [0.25, 0.3) is 10.9 Å². The number of aromatic nitrogens is 1. The lowest BCUT2D eigenvalue weighted by Crippen LogP contribution is -2.42. The highest BCUT2D eigenvalue weighted by Crippen LogP contribution is 2.33. The molecule has 0 saturated heterocycles. The van der Waals surface area contributed by atoms with Crippen LogP contribution in [-0.2, 0) is 11.8 Å². The third-order valence-electron chi connectivity index (χ3n) is 4.95. The van der Waals surface area contributed by atoms with Crippen LogP contribution in [0.3, 0.4) is 0 Å². The summed E-state index contributed by atoms with van der Waals surface area (Å²) in [4.78, 5) is 25.4. The number of nitrogens with one attached hydrogen (secondary N) is 2. The van der Waals surface area contributed by atoms with E-state index in [1.807, 2.05) is 6.07 Å². The van der Waals surface area contributed by atoms with Gasteiger partial charge in [0.25, 0.3) is 5.91 Å². The van der Waals surface area contributed by atoms with E-state index in [4.69, 9.17) is 25.8 Å². The summed E-state index contributed by atoms with van der Waals surface area (Å²) in [7, 11) is 6.39. The first-order chi connectivity index (χ1) is 14.8. The Morgan fingerprint density at radius 2 is 1.71 bits per heavy atom. The van der Waals surface area contributed by atoms with Gasteiger partial charge in [-0.3, -0.25) is 9.59 Å². The third-order valence-corrected chi connectivity index (χ3v) is 5.24. The van der Waals surface area contributed by atoms with Gasteiger partial charge in [-0.1, -0.05) is 11.6 Å². The van der Waals surface area contributed by atoms with Gasteiger partial charge in [-0.05, 0) is 31.2 Å². The molecule has 31 heavy (non-hydrogen) atoms. The standard InChI is InChI=1S/C22H24ClN3O5/c1-12(21(27)25-13-6-7-19(30-4)16(23)8-13)24-22(28)18-11-15-17(26(18)2)9-14(29-3)10-20(15)31-5/h6-12H,1-5H3,(H,24,28)(H,25,27)/t12-/m0/s1. The number of nitrogens with zero attached hydrogens (tertiary/aromatic N) is 1. The molecule has 1 atom stereocenters. The number of rotatable bonds is 7. The zero-order valence-electron chi connectivity index (χ0n) is 17.9. The van der Waals surface area contributed by atoms with E-state index >= 15 is 0 Å². The van der Waals surface area contributed by atoms with E-state index in [0.29, 0.717) is 33.7 Å². The van der Waals surface area contributed by atoms with Gasteiger partial charge in [0.2, 0.25) is 5.91 Å². The molecule has 1 heterocycles. The fraction of sp³-hybridized carbons (Fsp3) is 0.273. The first kappa shape index (κ1) is 22.3. The molecule has 0 radical (unpaired) electrons. The summed E-state index contributed by atoms with van der Waals surface area (Å²) in [6.45, 7) is 1.60. The Morgan fingerprint density at radius 1 is 1.00 bits per heavy atom. The molecule has 0 fully saturated rings. The van der Waals surface area contributed by atoms with Gasteiger partial charge < -0.3 is 29.4 Å². The average molecular weight is 446 g/mol. The first-order valence-electron chi connectivity index (χ1n) is 9.45. The molecule has 2 aromatic carbocycles. The molecule has 0 aliphatic carbocycles. The molecule has 3 aromatic rings. The van der Waals surface area contributed by atoms with E-state index in [-0.39, 0.29) is 5.91 Å². The highest BCUT2D eigenvalue weighted by atomic mass is 35.5. The number of benzene rings is 2. The summed E-state index contributed by atoms with van der Waals surface area (Å²) in [5, 5.41) is 6.58. The van der Waals surface area contributed by atoms with Crippen molar-refractivity contribution in [3.63, 3.8) is 0 Å². The SMILES string of the molecule is COc1cc(OC)c2cc(C(=O)N[C@@H](C)C(=O)Nc3ccc(OC)c(Cl)c3)n(C)c2c1. The van der Waals surface area contributed by atoms with E-state index in [1.165, 1.54) is 7.11 Å². The average Bonchev–Trinajstić information content (AvgIpc) is 3.09. The molecule has 2 N–H and O–H groups in total. The predicted octanol–water partition coefficient (Wildman–Crippen LogP) is 3.61. The Bertz CT molecular complexity index is 1140. The lowest BCUT2D eigenvalue weighted by molar-refractivity contribution is -0.117. The van der Waals surface area contributed by atoms with Crippen LogP contribution in [0.2, 0.25) is 5.02 Å². The van der Waals surface area contributed by atoms with Gasteiger partial charge in [0.05, 0.1) is 31.9 Å². The number of hydrogen-bond donors (Lipinski definition) is 2. The number of amides is 2. The largest absolute Gasteiger partial charge is 0.497 e. The number of ether oxygens (including phenoxy) is 3. The number of anilines is 1. The van der Waals surface area contributed by atoms with Crippen molar-refractivity contribution in [1.82, 2.24) is 9.88 Å². The van der Waals surface area contributed by atoms with Crippen LogP contribution in [0.15, 0.2) is 36.4 Å². The van der Waals surface area contributed by atoms with E-state index in [9.17, 15) is 9.59 Å². The molecule has 0 aliphatic heterocycles. The molecule has 0 bridgehead atoms. The molecule has 164 valence electrons. The summed E-state index contributed by atoms with van der Waals surface area (Å²) < 4.78 is 17.5. The minimum absolute atomic E-state index is 0.372. The van der Waals surface area contributed by atoms with Gasteiger partial charge >= 0.3 is 0 Å². The highest BCUT2D eigenvalue weighted by Gasteiger charge is 2.21. The second-order valence-electron chi connectivity index (χ2n) is 6.88.